The molecule has 1 aromatic carbocycles. The molecule has 2 N–H and O–H groups in total. The Labute approximate surface area is 103 Å². The fourth-order valence-electron chi connectivity index (χ4n) is 1.99. The van der Waals surface area contributed by atoms with E-state index in [0.717, 1.165) is 6.07 Å². The molecule has 0 unspecified atom stereocenters. The molecule has 1 aromatic rings. The monoisotopic (exact) mass is 252 g/mol. The van der Waals surface area contributed by atoms with E-state index in [4.69, 9.17) is 9.47 Å². The van der Waals surface area contributed by atoms with E-state index in [9.17, 15) is 19.8 Å². The van der Waals surface area contributed by atoms with E-state index in [-0.39, 0.29) is 17.1 Å². The molecule has 1 heterocycles. The number of esters is 2. The van der Waals surface area contributed by atoms with Crippen molar-refractivity contribution in [1.29, 1.82) is 0 Å². The number of fused-ring (bicyclic) bond motifs is 1. The Hall–Kier alpha value is -2.24. The van der Waals surface area contributed by atoms with Gasteiger partial charge in [0.2, 0.25) is 0 Å². The van der Waals surface area contributed by atoms with Crippen LogP contribution in [0.5, 0.6) is 11.5 Å². The number of carbonyl (C=O) groups excluding carboxylic acids is 2. The minimum absolute atomic E-state index is 0.00296. The van der Waals surface area contributed by atoms with E-state index >= 15 is 0 Å². The summed E-state index contributed by atoms with van der Waals surface area (Å²) in [5.74, 6) is -1.75. The second-order valence-electron chi connectivity index (χ2n) is 4.07. The zero-order valence-electron chi connectivity index (χ0n) is 9.84. The third-order valence-electron chi connectivity index (χ3n) is 2.66. The summed E-state index contributed by atoms with van der Waals surface area (Å²) in [6, 6.07) is 2.36. The Morgan fingerprint density at radius 1 is 1.44 bits per heavy atom. The van der Waals surface area contributed by atoms with Crippen LogP contribution in [0.2, 0.25) is 0 Å². The van der Waals surface area contributed by atoms with Crippen LogP contribution >= 0.6 is 0 Å². The van der Waals surface area contributed by atoms with Crippen LogP contribution in [0.1, 0.15) is 35.9 Å². The highest BCUT2D eigenvalue weighted by Crippen LogP contribution is 2.40. The van der Waals surface area contributed by atoms with Crippen molar-refractivity contribution in [2.45, 2.75) is 26.1 Å². The summed E-state index contributed by atoms with van der Waals surface area (Å²) in [6.07, 6.45) is -1.52. The Morgan fingerprint density at radius 3 is 2.72 bits per heavy atom. The molecule has 0 saturated carbocycles. The zero-order valence-corrected chi connectivity index (χ0v) is 9.84. The number of phenolic OH excluding ortho intramolecular Hbond substituents is 2. The Bertz CT molecular complexity index is 522. The third kappa shape index (κ3) is 1.97. The largest absolute Gasteiger partial charge is 0.508 e. The number of cyclic esters (lactones) is 1. The van der Waals surface area contributed by atoms with E-state index in [2.05, 4.69) is 0 Å². The predicted octanol–water partition coefficient (Wildman–Crippen LogP) is 1.26. The normalized spacial score (nSPS) is 19.0. The molecule has 18 heavy (non-hydrogen) atoms. The average molecular weight is 252 g/mol. The van der Waals surface area contributed by atoms with Crippen LogP contribution in [0.25, 0.3) is 0 Å². The van der Waals surface area contributed by atoms with Crippen LogP contribution in [0.15, 0.2) is 12.1 Å². The highest BCUT2D eigenvalue weighted by atomic mass is 16.6. The van der Waals surface area contributed by atoms with Crippen molar-refractivity contribution in [3.63, 3.8) is 0 Å². The van der Waals surface area contributed by atoms with Crippen molar-refractivity contribution in [3.05, 3.63) is 23.3 Å². The quantitative estimate of drug-likeness (QED) is 0.770. The highest BCUT2D eigenvalue weighted by Gasteiger charge is 2.38. The first-order chi connectivity index (χ1) is 8.40. The minimum Gasteiger partial charge on any atom is -0.508 e. The van der Waals surface area contributed by atoms with Crippen LogP contribution in [-0.2, 0) is 14.3 Å². The smallest absolute Gasteiger partial charge is 0.343 e. The van der Waals surface area contributed by atoms with Crippen molar-refractivity contribution in [2.24, 2.45) is 0 Å². The number of aromatic hydroxyl groups is 2. The zero-order chi connectivity index (χ0) is 13.4. The van der Waals surface area contributed by atoms with Gasteiger partial charge in [0, 0.05) is 18.6 Å². The van der Waals surface area contributed by atoms with E-state index in [1.54, 1.807) is 6.92 Å². The second-order valence-corrected chi connectivity index (χ2v) is 4.07. The van der Waals surface area contributed by atoms with Gasteiger partial charge in [0.05, 0.1) is 0 Å². The lowest BCUT2D eigenvalue weighted by molar-refractivity contribution is -0.151. The predicted molar refractivity (Wildman–Crippen MR) is 59.2 cm³/mol. The number of carbonyl (C=O) groups is 2. The Morgan fingerprint density at radius 2 is 2.11 bits per heavy atom. The lowest BCUT2D eigenvalue weighted by atomic mass is 10.0. The summed E-state index contributed by atoms with van der Waals surface area (Å²) >= 11 is 0. The number of hydrogen-bond acceptors (Lipinski definition) is 6. The number of rotatable bonds is 2. The molecule has 0 bridgehead atoms. The Kier molecular flexibility index (Phi) is 2.86. The summed E-state index contributed by atoms with van der Waals surface area (Å²) in [4.78, 5) is 22.5. The molecule has 1 aliphatic rings. The molecule has 0 spiro atoms. The maximum Gasteiger partial charge on any atom is 0.343 e. The summed E-state index contributed by atoms with van der Waals surface area (Å²) in [7, 11) is 0. The molecule has 0 aliphatic carbocycles. The molecule has 6 nitrogen and oxygen atoms in total. The average Bonchev–Trinajstić information content (AvgIpc) is 2.54. The second kappa shape index (κ2) is 4.21. The fourth-order valence-corrected chi connectivity index (χ4v) is 1.99. The van der Waals surface area contributed by atoms with Crippen molar-refractivity contribution >= 4 is 11.9 Å². The molecule has 0 amide bonds. The van der Waals surface area contributed by atoms with Gasteiger partial charge in [0.15, 0.2) is 6.10 Å². The summed E-state index contributed by atoms with van der Waals surface area (Å²) < 4.78 is 9.98. The van der Waals surface area contributed by atoms with Gasteiger partial charge in [0.25, 0.3) is 0 Å². The van der Waals surface area contributed by atoms with Crippen molar-refractivity contribution in [2.75, 3.05) is 0 Å². The third-order valence-corrected chi connectivity index (χ3v) is 2.66. The highest BCUT2D eigenvalue weighted by molar-refractivity contribution is 5.97. The fraction of sp³-hybridized carbons (Fsp3) is 0.333. The molecule has 0 saturated heterocycles. The van der Waals surface area contributed by atoms with E-state index in [1.165, 1.54) is 13.0 Å². The first-order valence-corrected chi connectivity index (χ1v) is 5.34. The van der Waals surface area contributed by atoms with Gasteiger partial charge < -0.3 is 19.7 Å². The molecule has 2 rings (SSSR count). The van der Waals surface area contributed by atoms with Gasteiger partial charge in [-0.3, -0.25) is 4.79 Å². The van der Waals surface area contributed by atoms with Gasteiger partial charge in [-0.1, -0.05) is 0 Å². The number of benzene rings is 1. The van der Waals surface area contributed by atoms with Crippen molar-refractivity contribution in [1.82, 2.24) is 0 Å². The molecule has 0 radical (unpaired) electrons. The molecule has 1 aliphatic heterocycles. The van der Waals surface area contributed by atoms with Gasteiger partial charge in [-0.15, -0.1) is 0 Å². The summed E-state index contributed by atoms with van der Waals surface area (Å²) in [5, 5.41) is 19.0. The van der Waals surface area contributed by atoms with Crippen molar-refractivity contribution in [3.8, 4) is 11.5 Å². The topological polar surface area (TPSA) is 93.1 Å². The number of phenols is 2. The van der Waals surface area contributed by atoms with Gasteiger partial charge in [-0.05, 0) is 13.0 Å². The SMILES string of the molecule is CC(=O)O[C@H](C)[C@@H]1OC(=O)c2c(O)cc(O)cc21. The first kappa shape index (κ1) is 12.2. The van der Waals surface area contributed by atoms with Crippen LogP contribution < -0.4 is 0 Å². The minimum atomic E-state index is -0.825. The van der Waals surface area contributed by atoms with E-state index < -0.39 is 24.1 Å². The molecular weight excluding hydrogens is 240 g/mol. The standard InChI is InChI=1S/C12H12O6/c1-5(17-6(2)13)11-8-3-7(14)4-9(15)10(8)12(16)18-11/h3-5,11,14-15H,1-2H3/t5-,11+/m1/s1. The molecule has 0 aromatic heterocycles. The molecule has 96 valence electrons. The maximum absolute atomic E-state index is 11.6. The van der Waals surface area contributed by atoms with E-state index in [1.807, 2.05) is 0 Å². The number of ether oxygens (including phenoxy) is 2. The van der Waals surface area contributed by atoms with Gasteiger partial charge in [-0.2, -0.15) is 0 Å². The number of hydrogen-bond donors (Lipinski definition) is 2. The molecule has 0 fully saturated rings. The van der Waals surface area contributed by atoms with Crippen LogP contribution in [-0.4, -0.2) is 28.3 Å². The molecule has 6 heteroatoms. The lowest BCUT2D eigenvalue weighted by Gasteiger charge is -2.18. The first-order valence-electron chi connectivity index (χ1n) is 5.34. The van der Waals surface area contributed by atoms with Gasteiger partial charge >= 0.3 is 11.9 Å². The molecular formula is C12H12O6. The Balaban J connectivity index is 2.41. The van der Waals surface area contributed by atoms with Crippen LogP contribution in [0, 0.1) is 0 Å². The summed E-state index contributed by atoms with van der Waals surface area (Å²) in [6.45, 7) is 2.81. The summed E-state index contributed by atoms with van der Waals surface area (Å²) in [5.41, 5.74) is 0.308. The maximum atomic E-state index is 11.6. The van der Waals surface area contributed by atoms with Crippen molar-refractivity contribution < 1.29 is 29.3 Å². The van der Waals surface area contributed by atoms with Crippen LogP contribution in [0.3, 0.4) is 0 Å². The van der Waals surface area contributed by atoms with Gasteiger partial charge in [0.1, 0.15) is 23.2 Å². The molecule has 2 atom stereocenters. The lowest BCUT2D eigenvalue weighted by Crippen LogP contribution is -2.21. The van der Waals surface area contributed by atoms with Gasteiger partial charge in [-0.25, -0.2) is 4.79 Å². The van der Waals surface area contributed by atoms with E-state index in [0.29, 0.717) is 5.56 Å². The van der Waals surface area contributed by atoms with Crippen LogP contribution in [0.4, 0.5) is 0 Å².